The van der Waals surface area contributed by atoms with Gasteiger partial charge in [-0.1, -0.05) is 29.8 Å². The van der Waals surface area contributed by atoms with E-state index in [2.05, 4.69) is 25.9 Å². The maximum absolute atomic E-state index is 5.91. The van der Waals surface area contributed by atoms with Crippen LogP contribution in [0.25, 0.3) is 22.2 Å². The fourth-order valence-electron chi connectivity index (χ4n) is 1.91. The fraction of sp³-hybridized carbons (Fsp3) is 0.0769. The van der Waals surface area contributed by atoms with E-state index >= 15 is 0 Å². The molecule has 0 fully saturated rings. The Balaban J connectivity index is 2.34. The quantitative estimate of drug-likeness (QED) is 0.746. The number of hydrogen-bond donors (Lipinski definition) is 1. The van der Waals surface area contributed by atoms with Crippen LogP contribution < -0.4 is 5.73 Å². The molecule has 0 radical (unpaired) electrons. The van der Waals surface area contributed by atoms with Crippen molar-refractivity contribution in [3.05, 3.63) is 40.8 Å². The summed E-state index contributed by atoms with van der Waals surface area (Å²) in [6, 6.07) is 8.13. The lowest BCUT2D eigenvalue weighted by Crippen LogP contribution is -1.92. The van der Waals surface area contributed by atoms with Gasteiger partial charge in [0.15, 0.2) is 4.67 Å². The number of nitrogens with zero attached hydrogens (tertiary/aromatic N) is 2. The van der Waals surface area contributed by atoms with E-state index in [1.54, 1.807) is 0 Å². The predicted octanol–water partition coefficient (Wildman–Crippen LogP) is 3.54. The maximum Gasteiger partial charge on any atom is 0.233 e. The van der Waals surface area contributed by atoms with Crippen LogP contribution in [0.2, 0.25) is 0 Å². The first kappa shape index (κ1) is 11.2. The third-order valence-electron chi connectivity index (χ3n) is 2.81. The molecule has 3 aromatic rings. The molecule has 0 spiro atoms. The Labute approximate surface area is 112 Å². The minimum atomic E-state index is 0.421. The summed E-state index contributed by atoms with van der Waals surface area (Å²) in [6.07, 6.45) is 1.40. The second kappa shape index (κ2) is 4.10. The van der Waals surface area contributed by atoms with E-state index in [-0.39, 0.29) is 0 Å². The summed E-state index contributed by atoms with van der Waals surface area (Å²) in [4.78, 5) is 8.09. The van der Waals surface area contributed by atoms with Gasteiger partial charge >= 0.3 is 0 Å². The van der Waals surface area contributed by atoms with E-state index in [1.807, 2.05) is 31.2 Å². The van der Waals surface area contributed by atoms with Gasteiger partial charge in [-0.05, 0) is 28.4 Å². The van der Waals surface area contributed by atoms with Gasteiger partial charge in [-0.15, -0.1) is 0 Å². The second-order valence-electron chi connectivity index (χ2n) is 4.06. The number of fused-ring (bicyclic) bond motifs is 1. The van der Waals surface area contributed by atoms with Crippen LogP contribution in [0.1, 0.15) is 5.56 Å². The zero-order valence-electron chi connectivity index (χ0n) is 9.64. The molecule has 0 aliphatic rings. The van der Waals surface area contributed by atoms with E-state index in [1.165, 1.54) is 11.9 Å². The molecule has 0 amide bonds. The average molecular weight is 304 g/mol. The third kappa shape index (κ3) is 1.67. The summed E-state index contributed by atoms with van der Waals surface area (Å²) in [5, 5.41) is 0.744. The van der Waals surface area contributed by atoms with Crippen LogP contribution >= 0.6 is 15.9 Å². The number of aryl methyl sites for hydroxylation is 1. The minimum Gasteiger partial charge on any atom is -0.430 e. The van der Waals surface area contributed by atoms with E-state index < -0.39 is 0 Å². The number of nitrogens with two attached hydrogens (primary N) is 1. The summed E-state index contributed by atoms with van der Waals surface area (Å²) in [6.45, 7) is 2.05. The van der Waals surface area contributed by atoms with E-state index in [9.17, 15) is 0 Å². The van der Waals surface area contributed by atoms with Crippen molar-refractivity contribution in [3.8, 4) is 11.1 Å². The lowest BCUT2D eigenvalue weighted by atomic mass is 10.0. The summed E-state index contributed by atoms with van der Waals surface area (Å²) >= 11 is 3.41. The normalized spacial score (nSPS) is 11.0. The van der Waals surface area contributed by atoms with Crippen molar-refractivity contribution in [2.45, 2.75) is 6.92 Å². The van der Waals surface area contributed by atoms with Crippen LogP contribution in [0.15, 0.2) is 39.7 Å². The monoisotopic (exact) mass is 303 g/mol. The summed E-state index contributed by atoms with van der Waals surface area (Å²) in [7, 11) is 0. The molecule has 0 aliphatic carbocycles. The van der Waals surface area contributed by atoms with Gasteiger partial charge in [-0.25, -0.2) is 9.97 Å². The molecular formula is C13H10BrN3O. The van der Waals surface area contributed by atoms with Gasteiger partial charge in [-0.3, -0.25) is 0 Å². The van der Waals surface area contributed by atoms with Crippen molar-refractivity contribution in [3.63, 3.8) is 0 Å². The molecule has 0 bridgehead atoms. The summed E-state index contributed by atoms with van der Waals surface area (Å²) < 4.78 is 6.17. The summed E-state index contributed by atoms with van der Waals surface area (Å²) in [5.74, 6) is 0.421. The Kier molecular flexibility index (Phi) is 2.56. The Morgan fingerprint density at radius 3 is 2.61 bits per heavy atom. The van der Waals surface area contributed by atoms with Crippen LogP contribution in [0, 0.1) is 6.92 Å². The molecule has 2 N–H and O–H groups in total. The van der Waals surface area contributed by atoms with Crippen LogP contribution in [0.5, 0.6) is 0 Å². The number of halogens is 1. The fourth-order valence-corrected chi connectivity index (χ4v) is 2.49. The molecule has 4 nitrogen and oxygen atoms in total. The Morgan fingerprint density at radius 1 is 1.17 bits per heavy atom. The van der Waals surface area contributed by atoms with Gasteiger partial charge in [0.25, 0.3) is 0 Å². The van der Waals surface area contributed by atoms with Gasteiger partial charge in [-0.2, -0.15) is 0 Å². The molecule has 0 aliphatic heterocycles. The Hall–Kier alpha value is -1.88. The summed E-state index contributed by atoms with van der Waals surface area (Å²) in [5.41, 5.74) is 9.51. The van der Waals surface area contributed by atoms with E-state index in [4.69, 9.17) is 10.2 Å². The average Bonchev–Trinajstić information content (AvgIpc) is 2.68. The molecule has 3 rings (SSSR count). The third-order valence-corrected chi connectivity index (χ3v) is 3.37. The van der Waals surface area contributed by atoms with Crippen molar-refractivity contribution in [2.75, 3.05) is 5.73 Å². The highest BCUT2D eigenvalue weighted by Crippen LogP contribution is 2.39. The van der Waals surface area contributed by atoms with Crippen LogP contribution in [0.4, 0.5) is 5.82 Å². The lowest BCUT2D eigenvalue weighted by molar-refractivity contribution is 0.576. The van der Waals surface area contributed by atoms with Gasteiger partial charge in [0, 0.05) is 5.56 Å². The second-order valence-corrected chi connectivity index (χ2v) is 4.78. The van der Waals surface area contributed by atoms with Crippen molar-refractivity contribution >= 4 is 32.8 Å². The first-order valence-electron chi connectivity index (χ1n) is 5.42. The number of anilines is 1. The highest BCUT2D eigenvalue weighted by atomic mass is 79.9. The maximum atomic E-state index is 5.91. The van der Waals surface area contributed by atoms with Crippen LogP contribution in [-0.2, 0) is 0 Å². The number of hydrogen-bond acceptors (Lipinski definition) is 4. The zero-order valence-corrected chi connectivity index (χ0v) is 11.2. The van der Waals surface area contributed by atoms with Crippen molar-refractivity contribution in [1.29, 1.82) is 0 Å². The smallest absolute Gasteiger partial charge is 0.233 e. The van der Waals surface area contributed by atoms with E-state index in [0.29, 0.717) is 16.2 Å². The Morgan fingerprint density at radius 2 is 1.89 bits per heavy atom. The van der Waals surface area contributed by atoms with Crippen LogP contribution in [0.3, 0.4) is 0 Å². The van der Waals surface area contributed by atoms with E-state index in [0.717, 1.165) is 16.5 Å². The molecule has 1 aromatic carbocycles. The molecule has 2 aromatic heterocycles. The lowest BCUT2D eigenvalue weighted by Gasteiger charge is -2.01. The highest BCUT2D eigenvalue weighted by Gasteiger charge is 2.17. The molecule has 0 saturated heterocycles. The van der Waals surface area contributed by atoms with Gasteiger partial charge in [0.2, 0.25) is 5.71 Å². The largest absolute Gasteiger partial charge is 0.430 e. The standard InChI is InChI=1S/C13H10BrN3O/c1-7-2-4-8(5-3-7)9-10-12(15)16-6-17-13(10)18-11(9)14/h2-6H,1H3,(H2,15,16,17). The molecular weight excluding hydrogens is 294 g/mol. The first-order valence-corrected chi connectivity index (χ1v) is 6.21. The SMILES string of the molecule is Cc1ccc(-c2c(Br)oc3ncnc(N)c23)cc1. The Bertz CT molecular complexity index is 719. The first-order chi connectivity index (χ1) is 8.66. The number of furan rings is 1. The molecule has 5 heteroatoms. The zero-order chi connectivity index (χ0) is 12.7. The molecule has 90 valence electrons. The van der Waals surface area contributed by atoms with Crippen LogP contribution in [-0.4, -0.2) is 9.97 Å². The van der Waals surface area contributed by atoms with Gasteiger partial charge < -0.3 is 10.2 Å². The number of benzene rings is 1. The molecule has 0 unspecified atom stereocenters. The number of rotatable bonds is 1. The molecule has 0 atom stereocenters. The molecule has 2 heterocycles. The van der Waals surface area contributed by atoms with Crippen molar-refractivity contribution in [1.82, 2.24) is 9.97 Å². The predicted molar refractivity (Wildman–Crippen MR) is 74.1 cm³/mol. The number of nitrogen functional groups attached to an aromatic ring is 1. The van der Waals surface area contributed by atoms with Gasteiger partial charge in [0.1, 0.15) is 12.1 Å². The molecule has 0 saturated carbocycles. The van der Waals surface area contributed by atoms with Crippen molar-refractivity contribution < 1.29 is 4.42 Å². The number of aromatic nitrogens is 2. The van der Waals surface area contributed by atoms with Crippen molar-refractivity contribution in [2.24, 2.45) is 0 Å². The molecule has 18 heavy (non-hydrogen) atoms. The topological polar surface area (TPSA) is 64.9 Å². The van der Waals surface area contributed by atoms with Gasteiger partial charge in [0.05, 0.1) is 5.39 Å². The minimum absolute atomic E-state index is 0.421. The highest BCUT2D eigenvalue weighted by molar-refractivity contribution is 9.10.